The first-order valence-corrected chi connectivity index (χ1v) is 12.6. The predicted octanol–water partition coefficient (Wildman–Crippen LogP) is 4.92. The first-order chi connectivity index (χ1) is 17.1. The number of carbonyl (C=O) groups is 2. The number of carbonyl (C=O) groups excluding carboxylic acids is 2. The van der Waals surface area contributed by atoms with Gasteiger partial charge >= 0.3 is 12.3 Å². The van der Waals surface area contributed by atoms with E-state index in [-0.39, 0.29) is 51.0 Å². The van der Waals surface area contributed by atoms with Crippen LogP contribution in [0, 0.1) is 0 Å². The van der Waals surface area contributed by atoms with Crippen molar-refractivity contribution in [3.63, 3.8) is 0 Å². The number of alkyl halides is 3. The van der Waals surface area contributed by atoms with E-state index in [0.717, 1.165) is 41.9 Å². The summed E-state index contributed by atoms with van der Waals surface area (Å²) in [6, 6.07) is 7.54. The standard InChI is InChI=1S/C26H31F3N4O3/c1-3-36-24(35)31-15-25(16-31)18-9-4-5-10-19(18)33(23(25)34)14-21-30-22-17(2)8-6-11-20(22)32(21)13-7-12-26(27,28)29/h4-5,9-10,17H,3,6-8,11-16H2,1-2H3. The second kappa shape index (κ2) is 9.12. The van der Waals surface area contributed by atoms with Crippen LogP contribution in [-0.2, 0) is 34.5 Å². The van der Waals surface area contributed by atoms with Crippen LogP contribution in [0.1, 0.15) is 68.2 Å². The lowest BCUT2D eigenvalue weighted by molar-refractivity contribution is -0.136. The van der Waals surface area contributed by atoms with Crippen LogP contribution in [0.2, 0.25) is 0 Å². The number of aromatic nitrogens is 2. The van der Waals surface area contributed by atoms with E-state index < -0.39 is 24.1 Å². The summed E-state index contributed by atoms with van der Waals surface area (Å²) in [5, 5.41) is 0. The first kappa shape index (κ1) is 24.6. The lowest BCUT2D eigenvalue weighted by atomic mass is 9.75. The molecule has 10 heteroatoms. The summed E-state index contributed by atoms with van der Waals surface area (Å²) >= 11 is 0. The van der Waals surface area contributed by atoms with E-state index in [1.165, 1.54) is 4.90 Å². The molecule has 0 saturated carbocycles. The van der Waals surface area contributed by atoms with Gasteiger partial charge in [0.2, 0.25) is 5.91 Å². The van der Waals surface area contributed by atoms with Gasteiger partial charge in [-0.05, 0) is 44.2 Å². The molecule has 1 spiro atoms. The first-order valence-electron chi connectivity index (χ1n) is 12.6. The average molecular weight is 505 g/mol. The Labute approximate surface area is 208 Å². The molecule has 5 rings (SSSR count). The quantitative estimate of drug-likeness (QED) is 0.560. The van der Waals surface area contributed by atoms with E-state index in [4.69, 9.17) is 9.72 Å². The molecule has 1 aliphatic carbocycles. The number of anilines is 1. The molecule has 36 heavy (non-hydrogen) atoms. The third-order valence-corrected chi connectivity index (χ3v) is 7.65. The zero-order valence-electron chi connectivity index (χ0n) is 20.6. The molecule has 0 bridgehead atoms. The lowest BCUT2D eigenvalue weighted by Crippen LogP contribution is -2.65. The number of fused-ring (bicyclic) bond motifs is 3. The van der Waals surface area contributed by atoms with Gasteiger partial charge < -0.3 is 19.1 Å². The van der Waals surface area contributed by atoms with Gasteiger partial charge in [0.05, 0.1) is 18.8 Å². The normalized spacial score (nSPS) is 20.4. The number of nitrogens with zero attached hydrogens (tertiary/aromatic N) is 4. The molecule has 1 aromatic heterocycles. The van der Waals surface area contributed by atoms with Gasteiger partial charge in [0.25, 0.3) is 0 Å². The Bertz CT molecular complexity index is 1170. The van der Waals surface area contributed by atoms with Crippen molar-refractivity contribution in [1.82, 2.24) is 14.5 Å². The fourth-order valence-electron chi connectivity index (χ4n) is 5.90. The van der Waals surface area contributed by atoms with Crippen LogP contribution < -0.4 is 4.90 Å². The Morgan fingerprint density at radius 3 is 2.72 bits per heavy atom. The molecule has 7 nitrogen and oxygen atoms in total. The third-order valence-electron chi connectivity index (χ3n) is 7.65. The molecular formula is C26H31F3N4O3. The summed E-state index contributed by atoms with van der Waals surface area (Å²) < 4.78 is 45.7. The average Bonchev–Trinajstić information content (AvgIpc) is 3.26. The summed E-state index contributed by atoms with van der Waals surface area (Å²) in [7, 11) is 0. The Morgan fingerprint density at radius 1 is 1.25 bits per heavy atom. The monoisotopic (exact) mass is 504 g/mol. The Hall–Kier alpha value is -3.04. The van der Waals surface area contributed by atoms with Crippen LogP contribution in [0.4, 0.5) is 23.7 Å². The zero-order chi connectivity index (χ0) is 25.7. The summed E-state index contributed by atoms with van der Waals surface area (Å²) in [6.45, 7) is 4.98. The van der Waals surface area contributed by atoms with Crippen LogP contribution in [0.5, 0.6) is 0 Å². The molecule has 1 aromatic carbocycles. The van der Waals surface area contributed by atoms with Gasteiger partial charge in [-0.25, -0.2) is 9.78 Å². The second-order valence-corrected chi connectivity index (χ2v) is 10.1. The fraction of sp³-hybridized carbons (Fsp3) is 0.577. The van der Waals surface area contributed by atoms with Crippen LogP contribution in [-0.4, -0.2) is 52.3 Å². The number of benzene rings is 1. The van der Waals surface area contributed by atoms with E-state index in [1.807, 2.05) is 28.8 Å². The fourth-order valence-corrected chi connectivity index (χ4v) is 5.90. The third kappa shape index (κ3) is 4.14. The summed E-state index contributed by atoms with van der Waals surface area (Å²) in [6.07, 6.45) is -2.79. The summed E-state index contributed by atoms with van der Waals surface area (Å²) in [5.74, 6) is 0.742. The highest BCUT2D eigenvalue weighted by molar-refractivity contribution is 6.09. The molecule has 3 heterocycles. The Kier molecular flexibility index (Phi) is 6.24. The minimum Gasteiger partial charge on any atom is -0.450 e. The number of hydrogen-bond donors (Lipinski definition) is 0. The van der Waals surface area contributed by atoms with Crippen molar-refractivity contribution >= 4 is 17.7 Å². The maximum absolute atomic E-state index is 13.8. The number of halogens is 3. The molecular weight excluding hydrogens is 473 g/mol. The Morgan fingerprint density at radius 2 is 2.00 bits per heavy atom. The van der Waals surface area contributed by atoms with Crippen molar-refractivity contribution in [1.29, 1.82) is 0 Å². The number of para-hydroxylation sites is 1. The smallest absolute Gasteiger partial charge is 0.409 e. The molecule has 2 amide bonds. The largest absolute Gasteiger partial charge is 0.450 e. The van der Waals surface area contributed by atoms with Crippen LogP contribution >= 0.6 is 0 Å². The molecule has 0 N–H and O–H groups in total. The molecule has 2 aromatic rings. The van der Waals surface area contributed by atoms with E-state index in [1.54, 1.807) is 11.8 Å². The Balaban J connectivity index is 1.44. The van der Waals surface area contributed by atoms with Crippen molar-refractivity contribution in [3.05, 3.63) is 47.0 Å². The van der Waals surface area contributed by atoms with Crippen LogP contribution in [0.25, 0.3) is 0 Å². The van der Waals surface area contributed by atoms with E-state index in [9.17, 15) is 22.8 Å². The molecule has 0 radical (unpaired) electrons. The summed E-state index contributed by atoms with van der Waals surface area (Å²) in [4.78, 5) is 34.1. The highest BCUT2D eigenvalue weighted by atomic mass is 19.4. The highest BCUT2D eigenvalue weighted by Gasteiger charge is 2.59. The molecule has 1 fully saturated rings. The minimum atomic E-state index is -4.21. The van der Waals surface area contributed by atoms with Gasteiger partial charge in [-0.1, -0.05) is 25.1 Å². The highest BCUT2D eigenvalue weighted by Crippen LogP contribution is 2.48. The van der Waals surface area contributed by atoms with Gasteiger partial charge in [0.15, 0.2) is 0 Å². The van der Waals surface area contributed by atoms with E-state index >= 15 is 0 Å². The zero-order valence-corrected chi connectivity index (χ0v) is 20.6. The molecule has 1 unspecified atom stereocenters. The van der Waals surface area contributed by atoms with Gasteiger partial charge in [0.1, 0.15) is 11.2 Å². The van der Waals surface area contributed by atoms with Crippen molar-refractivity contribution in [2.45, 2.75) is 76.6 Å². The molecule has 1 saturated heterocycles. The maximum atomic E-state index is 13.8. The summed E-state index contributed by atoms with van der Waals surface area (Å²) in [5.41, 5.74) is 2.74. The number of hydrogen-bond acceptors (Lipinski definition) is 4. The van der Waals surface area contributed by atoms with Gasteiger partial charge in [-0.15, -0.1) is 0 Å². The molecule has 3 aliphatic rings. The van der Waals surface area contributed by atoms with Crippen molar-refractivity contribution < 1.29 is 27.5 Å². The van der Waals surface area contributed by atoms with Crippen LogP contribution in [0.15, 0.2) is 24.3 Å². The SMILES string of the molecule is CCOC(=O)N1CC2(C1)C(=O)N(Cc1nc3c(n1CCCC(F)(F)F)CCCC3C)c1ccccc12. The topological polar surface area (TPSA) is 67.7 Å². The molecule has 194 valence electrons. The molecule has 2 aliphatic heterocycles. The second-order valence-electron chi connectivity index (χ2n) is 10.1. The van der Waals surface area contributed by atoms with Crippen LogP contribution in [0.3, 0.4) is 0 Å². The van der Waals surface area contributed by atoms with Crippen molar-refractivity contribution in [2.24, 2.45) is 0 Å². The number of amides is 2. The van der Waals surface area contributed by atoms with Crippen molar-refractivity contribution in [3.8, 4) is 0 Å². The van der Waals surface area contributed by atoms with Gasteiger partial charge in [-0.2, -0.15) is 13.2 Å². The van der Waals surface area contributed by atoms with Crippen molar-refractivity contribution in [2.75, 3.05) is 24.6 Å². The van der Waals surface area contributed by atoms with E-state index in [0.29, 0.717) is 5.82 Å². The lowest BCUT2D eigenvalue weighted by Gasteiger charge is -2.45. The van der Waals surface area contributed by atoms with E-state index in [2.05, 4.69) is 6.92 Å². The minimum absolute atomic E-state index is 0.0311. The number of likely N-dealkylation sites (tertiary alicyclic amines) is 1. The van der Waals surface area contributed by atoms with Gasteiger partial charge in [0, 0.05) is 43.4 Å². The number of ether oxygens (including phenoxy) is 1. The maximum Gasteiger partial charge on any atom is 0.409 e. The number of imidazole rings is 1. The van der Waals surface area contributed by atoms with Gasteiger partial charge in [-0.3, -0.25) is 4.79 Å². The predicted molar refractivity (Wildman–Crippen MR) is 127 cm³/mol. The number of rotatable bonds is 6. The molecule has 1 atom stereocenters.